The van der Waals surface area contributed by atoms with Gasteiger partial charge in [0, 0.05) is 18.3 Å². The highest BCUT2D eigenvalue weighted by Gasteiger charge is 2.18. The second-order valence-corrected chi connectivity index (χ2v) is 5.56. The molecule has 0 aliphatic heterocycles. The van der Waals surface area contributed by atoms with Crippen LogP contribution in [-0.4, -0.2) is 4.57 Å². The molecule has 0 spiro atoms. The van der Waals surface area contributed by atoms with E-state index >= 15 is 0 Å². The summed E-state index contributed by atoms with van der Waals surface area (Å²) >= 11 is 0. The van der Waals surface area contributed by atoms with E-state index in [9.17, 15) is 0 Å². The van der Waals surface area contributed by atoms with E-state index < -0.39 is 0 Å². The molecule has 0 radical (unpaired) electrons. The van der Waals surface area contributed by atoms with Gasteiger partial charge >= 0.3 is 0 Å². The van der Waals surface area contributed by atoms with Crippen molar-refractivity contribution in [1.29, 1.82) is 0 Å². The van der Waals surface area contributed by atoms with Gasteiger partial charge in [0.25, 0.3) is 0 Å². The molecule has 0 unspecified atom stereocenters. The van der Waals surface area contributed by atoms with Crippen LogP contribution in [0.2, 0.25) is 0 Å². The first-order valence-corrected chi connectivity index (χ1v) is 7.69. The Morgan fingerprint density at radius 1 is 0.739 bits per heavy atom. The van der Waals surface area contributed by atoms with Gasteiger partial charge < -0.3 is 8.98 Å². The van der Waals surface area contributed by atoms with Crippen molar-refractivity contribution in [3.63, 3.8) is 0 Å². The molecule has 0 saturated heterocycles. The van der Waals surface area contributed by atoms with Crippen LogP contribution in [0.1, 0.15) is 0 Å². The summed E-state index contributed by atoms with van der Waals surface area (Å²) in [7, 11) is 2.11. The van der Waals surface area contributed by atoms with Gasteiger partial charge in [-0.2, -0.15) is 0 Å². The summed E-state index contributed by atoms with van der Waals surface area (Å²) in [5.74, 6) is 0.890. The number of hydrogen-bond donors (Lipinski definition) is 0. The van der Waals surface area contributed by atoms with Crippen LogP contribution >= 0.6 is 0 Å². The summed E-state index contributed by atoms with van der Waals surface area (Å²) in [5, 5.41) is 0. The molecular formula is C21H17NO. The van der Waals surface area contributed by atoms with Crippen LogP contribution in [0.4, 0.5) is 0 Å². The van der Waals surface area contributed by atoms with Crippen LogP contribution in [0.5, 0.6) is 0 Å². The van der Waals surface area contributed by atoms with E-state index in [0.29, 0.717) is 0 Å². The molecule has 0 bridgehead atoms. The summed E-state index contributed by atoms with van der Waals surface area (Å²) < 4.78 is 7.91. The molecule has 2 nitrogen and oxygen atoms in total. The van der Waals surface area contributed by atoms with Crippen molar-refractivity contribution < 1.29 is 4.42 Å². The molecule has 23 heavy (non-hydrogen) atoms. The second kappa shape index (κ2) is 5.65. The van der Waals surface area contributed by atoms with Crippen molar-refractivity contribution in [2.75, 3.05) is 0 Å². The fraction of sp³-hybridized carbons (Fsp3) is 0.0476. The molecule has 2 aromatic carbocycles. The number of furan rings is 1. The topological polar surface area (TPSA) is 18.1 Å². The second-order valence-electron chi connectivity index (χ2n) is 5.56. The normalized spacial score (nSPS) is 10.8. The maximum Gasteiger partial charge on any atom is 0.136 e. The zero-order valence-electron chi connectivity index (χ0n) is 12.9. The molecule has 0 atom stereocenters. The minimum absolute atomic E-state index is 0.890. The number of rotatable bonds is 3. The Labute approximate surface area is 135 Å². The molecule has 112 valence electrons. The van der Waals surface area contributed by atoms with E-state index in [1.165, 1.54) is 22.5 Å². The van der Waals surface area contributed by atoms with Gasteiger partial charge in [-0.3, -0.25) is 0 Å². The van der Waals surface area contributed by atoms with Crippen molar-refractivity contribution in [2.45, 2.75) is 0 Å². The highest BCUT2D eigenvalue weighted by Crippen LogP contribution is 2.38. The van der Waals surface area contributed by atoms with Crippen molar-refractivity contribution in [3.8, 4) is 33.8 Å². The molecule has 0 saturated carbocycles. The average molecular weight is 299 g/mol. The number of nitrogens with zero attached hydrogens (tertiary/aromatic N) is 1. The standard InChI is InChI=1S/C21H17NO/c1-22-19(16-9-4-2-5-10-16)15-18(20-13-8-14-23-20)21(22)17-11-6-3-7-12-17/h2-15H,1H3. The van der Waals surface area contributed by atoms with Gasteiger partial charge in [-0.05, 0) is 29.3 Å². The molecule has 0 fully saturated rings. The van der Waals surface area contributed by atoms with Crippen LogP contribution in [-0.2, 0) is 7.05 Å². The quantitative estimate of drug-likeness (QED) is 0.480. The van der Waals surface area contributed by atoms with E-state index in [-0.39, 0.29) is 0 Å². The lowest BCUT2D eigenvalue weighted by Gasteiger charge is -2.09. The number of benzene rings is 2. The Balaban J connectivity index is 1.98. The highest BCUT2D eigenvalue weighted by atomic mass is 16.3. The van der Waals surface area contributed by atoms with Gasteiger partial charge in [0.15, 0.2) is 0 Å². The first-order valence-electron chi connectivity index (χ1n) is 7.69. The van der Waals surface area contributed by atoms with E-state index in [0.717, 1.165) is 11.3 Å². The van der Waals surface area contributed by atoms with Crippen LogP contribution < -0.4 is 0 Å². The van der Waals surface area contributed by atoms with Gasteiger partial charge in [0.2, 0.25) is 0 Å². The van der Waals surface area contributed by atoms with Gasteiger partial charge in [0.1, 0.15) is 5.76 Å². The van der Waals surface area contributed by atoms with Crippen LogP contribution in [0.25, 0.3) is 33.8 Å². The first-order chi connectivity index (χ1) is 11.3. The predicted molar refractivity (Wildman–Crippen MR) is 94.0 cm³/mol. The van der Waals surface area contributed by atoms with Crippen LogP contribution in [0, 0.1) is 0 Å². The van der Waals surface area contributed by atoms with Crippen LogP contribution in [0.15, 0.2) is 89.5 Å². The van der Waals surface area contributed by atoms with E-state index in [1.807, 2.05) is 24.3 Å². The van der Waals surface area contributed by atoms with E-state index in [1.54, 1.807) is 6.26 Å². The monoisotopic (exact) mass is 299 g/mol. The van der Waals surface area contributed by atoms with Gasteiger partial charge in [-0.1, -0.05) is 60.7 Å². The summed E-state index contributed by atoms with van der Waals surface area (Å²) in [6.45, 7) is 0. The number of hydrogen-bond acceptors (Lipinski definition) is 1. The molecule has 2 heterocycles. The lowest BCUT2D eigenvalue weighted by Crippen LogP contribution is -1.95. The smallest absolute Gasteiger partial charge is 0.136 e. The third kappa shape index (κ3) is 2.38. The molecule has 0 amide bonds. The van der Waals surface area contributed by atoms with Crippen molar-refractivity contribution in [2.24, 2.45) is 7.05 Å². The van der Waals surface area contributed by atoms with Crippen LogP contribution in [0.3, 0.4) is 0 Å². The van der Waals surface area contributed by atoms with Gasteiger partial charge in [-0.25, -0.2) is 0 Å². The predicted octanol–water partition coefficient (Wildman–Crippen LogP) is 5.62. The van der Waals surface area contributed by atoms with Crippen molar-refractivity contribution >= 4 is 0 Å². The molecule has 0 N–H and O–H groups in total. The summed E-state index contributed by atoms with van der Waals surface area (Å²) in [4.78, 5) is 0. The van der Waals surface area contributed by atoms with E-state index in [2.05, 4.69) is 66.2 Å². The molecular weight excluding hydrogens is 282 g/mol. The average Bonchev–Trinajstić information content (AvgIpc) is 3.24. The molecule has 2 aromatic heterocycles. The molecule has 0 aliphatic rings. The molecule has 0 aliphatic carbocycles. The maximum absolute atomic E-state index is 5.67. The minimum atomic E-state index is 0.890. The fourth-order valence-corrected chi connectivity index (χ4v) is 3.05. The molecule has 4 aromatic rings. The lowest BCUT2D eigenvalue weighted by atomic mass is 10.1. The Morgan fingerprint density at radius 2 is 1.39 bits per heavy atom. The fourth-order valence-electron chi connectivity index (χ4n) is 3.05. The van der Waals surface area contributed by atoms with Crippen molar-refractivity contribution in [1.82, 2.24) is 4.57 Å². The first kappa shape index (κ1) is 13.6. The molecule has 2 heteroatoms. The Kier molecular flexibility index (Phi) is 3.35. The van der Waals surface area contributed by atoms with Gasteiger partial charge in [-0.15, -0.1) is 0 Å². The summed E-state index contributed by atoms with van der Waals surface area (Å²) in [6, 6.07) is 27.0. The highest BCUT2D eigenvalue weighted by molar-refractivity contribution is 5.84. The largest absolute Gasteiger partial charge is 0.464 e. The van der Waals surface area contributed by atoms with Gasteiger partial charge in [0.05, 0.1) is 12.0 Å². The third-order valence-corrected chi connectivity index (χ3v) is 4.14. The lowest BCUT2D eigenvalue weighted by molar-refractivity contribution is 0.582. The maximum atomic E-state index is 5.67. The third-order valence-electron chi connectivity index (χ3n) is 4.14. The van der Waals surface area contributed by atoms with E-state index in [4.69, 9.17) is 4.42 Å². The Bertz CT molecular complexity index is 903. The summed E-state index contributed by atoms with van der Waals surface area (Å²) in [5.41, 5.74) is 5.84. The minimum Gasteiger partial charge on any atom is -0.464 e. The summed E-state index contributed by atoms with van der Waals surface area (Å²) in [6.07, 6.45) is 1.72. The zero-order chi connectivity index (χ0) is 15.6. The zero-order valence-corrected chi connectivity index (χ0v) is 12.9. The molecule has 4 rings (SSSR count). The SMILES string of the molecule is Cn1c(-c2ccccc2)cc(-c2ccco2)c1-c1ccccc1. The Morgan fingerprint density at radius 3 is 2.00 bits per heavy atom. The Hall–Kier alpha value is -3.00. The van der Waals surface area contributed by atoms with Crippen molar-refractivity contribution in [3.05, 3.63) is 85.1 Å². The number of aromatic nitrogens is 1.